The van der Waals surface area contributed by atoms with Crippen molar-refractivity contribution >= 4 is 5.91 Å². The fourth-order valence-corrected chi connectivity index (χ4v) is 3.12. The van der Waals surface area contributed by atoms with E-state index in [4.69, 9.17) is 4.74 Å². The van der Waals surface area contributed by atoms with E-state index >= 15 is 0 Å². The zero-order chi connectivity index (χ0) is 19.3. The molecule has 1 aliphatic carbocycles. The highest BCUT2D eigenvalue weighted by molar-refractivity contribution is 5.95. The quantitative estimate of drug-likeness (QED) is 0.630. The van der Waals surface area contributed by atoms with Gasteiger partial charge in [-0.3, -0.25) is 9.78 Å². The maximum Gasteiger partial charge on any atom is 0.254 e. The van der Waals surface area contributed by atoms with Crippen LogP contribution in [0.5, 0.6) is 5.88 Å². The lowest BCUT2D eigenvalue weighted by Gasteiger charge is -2.22. The van der Waals surface area contributed by atoms with Gasteiger partial charge in [0, 0.05) is 42.2 Å². The van der Waals surface area contributed by atoms with Crippen LogP contribution in [-0.4, -0.2) is 38.6 Å². The van der Waals surface area contributed by atoms with Gasteiger partial charge in [0.2, 0.25) is 5.88 Å². The largest absolute Gasteiger partial charge is 0.477 e. The number of benzene rings is 1. The lowest BCUT2D eigenvalue weighted by atomic mass is 10.1. The van der Waals surface area contributed by atoms with E-state index in [1.807, 2.05) is 60.5 Å². The SMILES string of the molecule is CCOc1ccc(-c2cccc(C(=O)N(Cc3cccnc3)C3CC3)c2)nn1. The van der Waals surface area contributed by atoms with Gasteiger partial charge >= 0.3 is 0 Å². The maximum absolute atomic E-state index is 13.2. The highest BCUT2D eigenvalue weighted by atomic mass is 16.5. The summed E-state index contributed by atoms with van der Waals surface area (Å²) < 4.78 is 5.34. The molecule has 0 atom stereocenters. The van der Waals surface area contributed by atoms with Crippen LogP contribution in [0.25, 0.3) is 11.3 Å². The lowest BCUT2D eigenvalue weighted by molar-refractivity contribution is 0.0730. The Hall–Kier alpha value is -3.28. The topological polar surface area (TPSA) is 68.2 Å². The lowest BCUT2D eigenvalue weighted by Crippen LogP contribution is -2.32. The molecule has 6 nitrogen and oxygen atoms in total. The van der Waals surface area contributed by atoms with Crippen molar-refractivity contribution in [3.63, 3.8) is 0 Å². The molecular formula is C22H22N4O2. The molecule has 0 unspecified atom stereocenters. The molecule has 2 heterocycles. The van der Waals surface area contributed by atoms with Crippen LogP contribution in [-0.2, 0) is 6.54 Å². The van der Waals surface area contributed by atoms with Crippen molar-refractivity contribution in [2.75, 3.05) is 6.61 Å². The zero-order valence-electron chi connectivity index (χ0n) is 15.8. The average Bonchev–Trinajstić information content (AvgIpc) is 3.58. The van der Waals surface area contributed by atoms with Gasteiger partial charge < -0.3 is 9.64 Å². The highest BCUT2D eigenvalue weighted by Gasteiger charge is 2.33. The number of pyridine rings is 1. The molecule has 1 aliphatic rings. The summed E-state index contributed by atoms with van der Waals surface area (Å²) in [6.07, 6.45) is 5.66. The van der Waals surface area contributed by atoms with E-state index < -0.39 is 0 Å². The first kappa shape index (κ1) is 18.1. The van der Waals surface area contributed by atoms with E-state index in [1.54, 1.807) is 12.3 Å². The molecular weight excluding hydrogens is 352 g/mol. The summed E-state index contributed by atoms with van der Waals surface area (Å²) in [6, 6.07) is 15.4. The number of ether oxygens (including phenoxy) is 1. The van der Waals surface area contributed by atoms with Crippen LogP contribution in [0.2, 0.25) is 0 Å². The molecule has 1 amide bonds. The molecule has 0 saturated heterocycles. The van der Waals surface area contributed by atoms with E-state index in [9.17, 15) is 4.79 Å². The molecule has 0 radical (unpaired) electrons. The van der Waals surface area contributed by atoms with Crippen LogP contribution < -0.4 is 4.74 Å². The van der Waals surface area contributed by atoms with E-state index in [1.165, 1.54) is 0 Å². The Bertz CT molecular complexity index is 940. The van der Waals surface area contributed by atoms with Gasteiger partial charge in [-0.15, -0.1) is 10.2 Å². The number of hydrogen-bond donors (Lipinski definition) is 0. The van der Waals surface area contributed by atoms with Crippen molar-refractivity contribution in [1.29, 1.82) is 0 Å². The molecule has 1 saturated carbocycles. The molecule has 6 heteroatoms. The molecule has 1 fully saturated rings. The Labute approximate surface area is 164 Å². The number of carbonyl (C=O) groups excluding carboxylic acids is 1. The Kier molecular flexibility index (Phi) is 5.28. The molecule has 0 aliphatic heterocycles. The van der Waals surface area contributed by atoms with Crippen molar-refractivity contribution in [3.05, 3.63) is 72.1 Å². The van der Waals surface area contributed by atoms with E-state index in [-0.39, 0.29) is 5.91 Å². The summed E-state index contributed by atoms with van der Waals surface area (Å²) in [5.74, 6) is 0.530. The third-order valence-electron chi connectivity index (χ3n) is 4.66. The second kappa shape index (κ2) is 8.17. The number of hydrogen-bond acceptors (Lipinski definition) is 5. The molecule has 4 rings (SSSR count). The summed E-state index contributed by atoms with van der Waals surface area (Å²) in [6.45, 7) is 3.03. The zero-order valence-corrected chi connectivity index (χ0v) is 15.8. The van der Waals surface area contributed by atoms with Crippen LogP contribution in [0, 0.1) is 0 Å². The van der Waals surface area contributed by atoms with Crippen LogP contribution in [0.4, 0.5) is 0 Å². The van der Waals surface area contributed by atoms with Gasteiger partial charge in [0.25, 0.3) is 5.91 Å². The average molecular weight is 374 g/mol. The van der Waals surface area contributed by atoms with Crippen molar-refractivity contribution in [3.8, 4) is 17.1 Å². The van der Waals surface area contributed by atoms with Crippen molar-refractivity contribution < 1.29 is 9.53 Å². The Morgan fingerprint density at radius 1 is 1.14 bits per heavy atom. The number of carbonyl (C=O) groups is 1. The number of nitrogens with zero attached hydrogens (tertiary/aromatic N) is 4. The highest BCUT2D eigenvalue weighted by Crippen LogP contribution is 2.30. The van der Waals surface area contributed by atoms with Gasteiger partial charge in [-0.2, -0.15) is 0 Å². The van der Waals surface area contributed by atoms with Gasteiger partial charge in [0.1, 0.15) is 0 Å². The summed E-state index contributed by atoms with van der Waals surface area (Å²) in [4.78, 5) is 19.3. The molecule has 0 spiro atoms. The summed E-state index contributed by atoms with van der Waals surface area (Å²) in [7, 11) is 0. The first-order valence-corrected chi connectivity index (χ1v) is 9.51. The standard InChI is InChI=1S/C22H22N4O2/c1-2-28-21-11-10-20(24-25-21)17-6-3-7-18(13-17)22(27)26(19-8-9-19)15-16-5-4-12-23-14-16/h3-7,10-14,19H,2,8-9,15H2,1H3. The number of aromatic nitrogens is 3. The Morgan fingerprint density at radius 2 is 2.04 bits per heavy atom. The molecule has 142 valence electrons. The minimum absolute atomic E-state index is 0.0344. The predicted octanol–water partition coefficient (Wildman–Crippen LogP) is 3.74. The minimum atomic E-state index is 0.0344. The molecule has 0 N–H and O–H groups in total. The fraction of sp³-hybridized carbons (Fsp3) is 0.273. The van der Waals surface area contributed by atoms with E-state index in [0.717, 1.165) is 24.0 Å². The van der Waals surface area contributed by atoms with Gasteiger partial charge in [0.05, 0.1) is 12.3 Å². The van der Waals surface area contributed by atoms with E-state index in [0.29, 0.717) is 36.3 Å². The molecule has 2 aromatic heterocycles. The number of amides is 1. The second-order valence-electron chi connectivity index (χ2n) is 6.80. The second-order valence-corrected chi connectivity index (χ2v) is 6.80. The maximum atomic E-state index is 13.2. The first-order valence-electron chi connectivity index (χ1n) is 9.51. The van der Waals surface area contributed by atoms with Crippen LogP contribution >= 0.6 is 0 Å². The van der Waals surface area contributed by atoms with Crippen LogP contribution in [0.1, 0.15) is 35.7 Å². The smallest absolute Gasteiger partial charge is 0.254 e. The molecule has 28 heavy (non-hydrogen) atoms. The Balaban J connectivity index is 1.56. The first-order chi connectivity index (χ1) is 13.7. The van der Waals surface area contributed by atoms with Crippen molar-refractivity contribution in [2.24, 2.45) is 0 Å². The Morgan fingerprint density at radius 3 is 2.71 bits per heavy atom. The fourth-order valence-electron chi connectivity index (χ4n) is 3.12. The molecule has 3 aromatic rings. The third kappa shape index (κ3) is 4.17. The van der Waals surface area contributed by atoms with Gasteiger partial charge in [-0.05, 0) is 49.6 Å². The summed E-state index contributed by atoms with van der Waals surface area (Å²) in [5, 5.41) is 8.29. The third-order valence-corrected chi connectivity index (χ3v) is 4.66. The monoisotopic (exact) mass is 374 g/mol. The van der Waals surface area contributed by atoms with Crippen molar-refractivity contribution in [2.45, 2.75) is 32.4 Å². The normalized spacial score (nSPS) is 13.2. The number of rotatable bonds is 7. The molecule has 0 bridgehead atoms. The minimum Gasteiger partial charge on any atom is -0.477 e. The van der Waals surface area contributed by atoms with Gasteiger partial charge in [-0.25, -0.2) is 0 Å². The summed E-state index contributed by atoms with van der Waals surface area (Å²) in [5.41, 5.74) is 3.27. The van der Waals surface area contributed by atoms with Crippen LogP contribution in [0.15, 0.2) is 60.9 Å². The van der Waals surface area contributed by atoms with Crippen molar-refractivity contribution in [1.82, 2.24) is 20.1 Å². The molecule has 1 aromatic carbocycles. The van der Waals surface area contributed by atoms with Gasteiger partial charge in [0.15, 0.2) is 0 Å². The van der Waals surface area contributed by atoms with Gasteiger partial charge in [-0.1, -0.05) is 18.2 Å². The van der Waals surface area contributed by atoms with Crippen LogP contribution in [0.3, 0.4) is 0 Å². The van der Waals surface area contributed by atoms with E-state index in [2.05, 4.69) is 15.2 Å². The summed E-state index contributed by atoms with van der Waals surface area (Å²) >= 11 is 0. The predicted molar refractivity (Wildman–Crippen MR) is 106 cm³/mol.